The maximum absolute atomic E-state index is 11.7. The number of carbonyl (C=O) groups is 3. The van der Waals surface area contributed by atoms with Gasteiger partial charge in [-0.25, -0.2) is 0 Å². The van der Waals surface area contributed by atoms with Gasteiger partial charge in [-0.15, -0.1) is 0 Å². The van der Waals surface area contributed by atoms with Crippen LogP contribution < -0.4 is 5.32 Å². The van der Waals surface area contributed by atoms with Gasteiger partial charge in [0.15, 0.2) is 5.60 Å². The highest BCUT2D eigenvalue weighted by Crippen LogP contribution is 2.21. The molecule has 0 aliphatic carbocycles. The van der Waals surface area contributed by atoms with Crippen LogP contribution in [-0.2, 0) is 19.1 Å². The van der Waals surface area contributed by atoms with E-state index in [1.54, 1.807) is 0 Å². The summed E-state index contributed by atoms with van der Waals surface area (Å²) in [6, 6.07) is 0. The van der Waals surface area contributed by atoms with Crippen LogP contribution in [0.3, 0.4) is 0 Å². The zero-order valence-corrected chi connectivity index (χ0v) is 10.4. The zero-order valence-electron chi connectivity index (χ0n) is 10.4. The van der Waals surface area contributed by atoms with Gasteiger partial charge >= 0.3 is 5.97 Å². The Morgan fingerprint density at radius 2 is 1.75 bits per heavy atom. The van der Waals surface area contributed by atoms with Gasteiger partial charge in [0.1, 0.15) is 0 Å². The smallest absolute Gasteiger partial charge is 0.303 e. The van der Waals surface area contributed by atoms with E-state index in [-0.39, 0.29) is 5.92 Å². The molecule has 0 saturated heterocycles. The van der Waals surface area contributed by atoms with Crippen molar-refractivity contribution in [1.29, 1.82) is 0 Å². The van der Waals surface area contributed by atoms with Gasteiger partial charge in [-0.2, -0.15) is 0 Å². The minimum absolute atomic E-state index is 0.169. The third-order valence-electron chi connectivity index (χ3n) is 1.94. The lowest BCUT2D eigenvalue weighted by molar-refractivity contribution is -0.167. The molecule has 0 aromatic carbocycles. The van der Waals surface area contributed by atoms with E-state index >= 15 is 0 Å². The van der Waals surface area contributed by atoms with E-state index in [1.165, 1.54) is 20.8 Å². The second-order valence-corrected chi connectivity index (χ2v) is 4.43. The topological polar surface area (TPSA) is 72.5 Å². The molecule has 16 heavy (non-hydrogen) atoms. The maximum atomic E-state index is 11.7. The summed E-state index contributed by atoms with van der Waals surface area (Å²) in [5.74, 6) is -1.42. The van der Waals surface area contributed by atoms with E-state index in [0.29, 0.717) is 6.42 Å². The molecule has 1 unspecified atom stereocenters. The van der Waals surface area contributed by atoms with E-state index in [4.69, 9.17) is 4.74 Å². The maximum Gasteiger partial charge on any atom is 0.303 e. The van der Waals surface area contributed by atoms with Crippen molar-refractivity contribution in [3.63, 3.8) is 0 Å². The Balaban J connectivity index is 4.83. The summed E-state index contributed by atoms with van der Waals surface area (Å²) in [6.07, 6.45) is 0.367. The van der Waals surface area contributed by atoms with Gasteiger partial charge in [0, 0.05) is 13.8 Å². The predicted octanol–water partition coefficient (Wildman–Crippen LogP) is 1.02. The fraction of sp³-hybridized carbons (Fsp3) is 0.727. The number of imide groups is 1. The van der Waals surface area contributed by atoms with Gasteiger partial charge in [-0.05, 0) is 19.3 Å². The van der Waals surface area contributed by atoms with Crippen LogP contribution in [0.5, 0.6) is 0 Å². The summed E-state index contributed by atoms with van der Waals surface area (Å²) in [6.45, 7) is 7.79. The summed E-state index contributed by atoms with van der Waals surface area (Å²) >= 11 is 0. The van der Waals surface area contributed by atoms with Gasteiger partial charge in [0.25, 0.3) is 5.91 Å². The molecular formula is C11H19NO4. The van der Waals surface area contributed by atoms with Gasteiger partial charge < -0.3 is 4.74 Å². The Labute approximate surface area is 95.5 Å². The minimum Gasteiger partial charge on any atom is -0.449 e. The highest BCUT2D eigenvalue weighted by atomic mass is 16.6. The summed E-state index contributed by atoms with van der Waals surface area (Å²) in [4.78, 5) is 33.5. The first-order valence-corrected chi connectivity index (χ1v) is 5.19. The van der Waals surface area contributed by atoms with E-state index < -0.39 is 23.4 Å². The molecule has 0 aromatic rings. The van der Waals surface area contributed by atoms with Gasteiger partial charge in [-0.1, -0.05) is 13.8 Å². The first kappa shape index (κ1) is 14.6. The lowest BCUT2D eigenvalue weighted by Crippen LogP contribution is -2.49. The molecule has 0 fully saturated rings. The summed E-state index contributed by atoms with van der Waals surface area (Å²) in [5.41, 5.74) is -1.29. The number of amides is 2. The largest absolute Gasteiger partial charge is 0.449 e. The lowest BCUT2D eigenvalue weighted by Gasteiger charge is -2.28. The first-order valence-electron chi connectivity index (χ1n) is 5.19. The minimum atomic E-state index is -1.29. The number of esters is 1. The fourth-order valence-corrected chi connectivity index (χ4v) is 1.57. The lowest BCUT2D eigenvalue weighted by atomic mass is 9.93. The van der Waals surface area contributed by atoms with Gasteiger partial charge in [-0.3, -0.25) is 19.7 Å². The van der Waals surface area contributed by atoms with E-state index in [1.807, 2.05) is 13.8 Å². The fourth-order valence-electron chi connectivity index (χ4n) is 1.57. The van der Waals surface area contributed by atoms with Crippen molar-refractivity contribution < 1.29 is 19.1 Å². The van der Waals surface area contributed by atoms with Gasteiger partial charge in [0.05, 0.1) is 0 Å². The summed E-state index contributed by atoms with van der Waals surface area (Å²) in [5, 5.41) is 2.14. The molecule has 5 heteroatoms. The van der Waals surface area contributed by atoms with E-state index in [9.17, 15) is 14.4 Å². The zero-order chi connectivity index (χ0) is 12.9. The highest BCUT2D eigenvalue weighted by Gasteiger charge is 2.37. The number of rotatable bonds is 4. The highest BCUT2D eigenvalue weighted by molar-refractivity contribution is 5.99. The molecule has 92 valence electrons. The molecule has 1 atom stereocenters. The molecule has 0 bridgehead atoms. The average molecular weight is 229 g/mol. The third kappa shape index (κ3) is 4.91. The second-order valence-electron chi connectivity index (χ2n) is 4.43. The van der Waals surface area contributed by atoms with Crippen LogP contribution in [0.2, 0.25) is 0 Å². The number of ether oxygens (including phenoxy) is 1. The molecule has 0 spiro atoms. The molecule has 1 N–H and O–H groups in total. The molecule has 0 saturated carbocycles. The average Bonchev–Trinajstić information content (AvgIpc) is 1.98. The quantitative estimate of drug-likeness (QED) is 0.730. The summed E-state index contributed by atoms with van der Waals surface area (Å²) in [7, 11) is 0. The molecule has 0 heterocycles. The van der Waals surface area contributed by atoms with Crippen molar-refractivity contribution in [2.75, 3.05) is 0 Å². The number of nitrogens with one attached hydrogen (secondary N) is 1. The monoisotopic (exact) mass is 229 g/mol. The van der Waals surface area contributed by atoms with Crippen molar-refractivity contribution in [3.05, 3.63) is 0 Å². The Morgan fingerprint density at radius 1 is 1.25 bits per heavy atom. The van der Waals surface area contributed by atoms with Crippen molar-refractivity contribution >= 4 is 17.8 Å². The predicted molar refractivity (Wildman–Crippen MR) is 58.4 cm³/mol. The molecular weight excluding hydrogens is 210 g/mol. The van der Waals surface area contributed by atoms with Crippen LogP contribution in [0.4, 0.5) is 0 Å². The van der Waals surface area contributed by atoms with Crippen molar-refractivity contribution in [2.45, 2.75) is 46.6 Å². The number of hydrogen-bond donors (Lipinski definition) is 1. The molecule has 0 radical (unpaired) electrons. The number of carbonyl (C=O) groups excluding carboxylic acids is 3. The molecule has 2 amide bonds. The van der Waals surface area contributed by atoms with E-state index in [2.05, 4.69) is 5.32 Å². The Hall–Kier alpha value is -1.39. The normalized spacial score (nSPS) is 14.1. The van der Waals surface area contributed by atoms with Crippen LogP contribution in [0, 0.1) is 5.92 Å². The van der Waals surface area contributed by atoms with Crippen LogP contribution in [0.15, 0.2) is 0 Å². The van der Waals surface area contributed by atoms with Gasteiger partial charge in [0.2, 0.25) is 5.91 Å². The molecule has 0 aromatic heterocycles. The molecule has 0 rings (SSSR count). The standard InChI is InChI=1S/C11H19NO4/c1-7(2)6-11(5,16-9(4)14)10(15)12-8(3)13/h7H,6H2,1-5H3,(H,12,13,15). The first-order chi connectivity index (χ1) is 7.17. The van der Waals surface area contributed by atoms with E-state index in [0.717, 1.165) is 0 Å². The molecule has 0 aliphatic rings. The molecule has 0 aliphatic heterocycles. The SMILES string of the molecule is CC(=O)NC(=O)C(C)(CC(C)C)OC(C)=O. The van der Waals surface area contributed by atoms with Crippen LogP contribution >= 0.6 is 0 Å². The summed E-state index contributed by atoms with van der Waals surface area (Å²) < 4.78 is 5.01. The van der Waals surface area contributed by atoms with Crippen molar-refractivity contribution in [1.82, 2.24) is 5.32 Å². The van der Waals surface area contributed by atoms with Crippen molar-refractivity contribution in [2.24, 2.45) is 5.92 Å². The number of hydrogen-bond acceptors (Lipinski definition) is 4. The van der Waals surface area contributed by atoms with Crippen LogP contribution in [-0.4, -0.2) is 23.4 Å². The Bertz CT molecular complexity index is 298. The second kappa shape index (κ2) is 5.63. The van der Waals surface area contributed by atoms with Crippen LogP contribution in [0.25, 0.3) is 0 Å². The van der Waals surface area contributed by atoms with Crippen LogP contribution in [0.1, 0.15) is 41.0 Å². The Morgan fingerprint density at radius 3 is 2.06 bits per heavy atom. The third-order valence-corrected chi connectivity index (χ3v) is 1.94. The molecule has 5 nitrogen and oxygen atoms in total. The van der Waals surface area contributed by atoms with Crippen molar-refractivity contribution in [3.8, 4) is 0 Å². The Kier molecular flexibility index (Phi) is 5.14.